The summed E-state index contributed by atoms with van der Waals surface area (Å²) in [5.41, 5.74) is -0.0276. The Morgan fingerprint density at radius 2 is 2.06 bits per heavy atom. The molecule has 0 aliphatic carbocycles. The number of carbonyl (C=O) groups is 2. The minimum Gasteiger partial charge on any atom is -0.510 e. The molecule has 1 aliphatic heterocycles. The topological polar surface area (TPSA) is 79.2 Å². The molecule has 0 fully saturated rings. The lowest BCUT2D eigenvalue weighted by atomic mass is 10.2. The van der Waals surface area contributed by atoms with Crippen LogP contribution in [0.25, 0.3) is 0 Å². The zero-order valence-corrected chi connectivity index (χ0v) is 10.9. The van der Waals surface area contributed by atoms with Gasteiger partial charge < -0.3 is 14.7 Å². The van der Waals surface area contributed by atoms with Gasteiger partial charge in [0, 0.05) is 14.1 Å². The highest BCUT2D eigenvalue weighted by molar-refractivity contribution is 8.15. The molecule has 1 heterocycles. The number of ether oxygens (including phenoxy) is 1. The number of aliphatic hydroxyl groups excluding tert-OH is 1. The molecule has 1 N–H and O–H groups in total. The molecule has 0 aromatic heterocycles. The molecule has 7 heteroatoms. The fourth-order valence-corrected chi connectivity index (χ4v) is 2.16. The predicted octanol–water partition coefficient (Wildman–Crippen LogP) is 1.19. The van der Waals surface area contributed by atoms with E-state index in [0.29, 0.717) is 0 Å². The van der Waals surface area contributed by atoms with Gasteiger partial charge in [-0.3, -0.25) is 0 Å². The molecular formula is C10H14N2O4S. The van der Waals surface area contributed by atoms with E-state index < -0.39 is 12.0 Å². The molecule has 17 heavy (non-hydrogen) atoms. The molecule has 0 spiro atoms. The highest BCUT2D eigenvalue weighted by Gasteiger charge is 2.34. The van der Waals surface area contributed by atoms with Gasteiger partial charge in [-0.15, -0.1) is 0 Å². The molecule has 94 valence electrons. The van der Waals surface area contributed by atoms with Gasteiger partial charge in [-0.2, -0.15) is 4.99 Å². The minimum atomic E-state index is -0.690. The van der Waals surface area contributed by atoms with Gasteiger partial charge >= 0.3 is 12.0 Å². The summed E-state index contributed by atoms with van der Waals surface area (Å²) in [6.45, 7) is 1.71. The minimum absolute atomic E-state index is 0.0276. The van der Waals surface area contributed by atoms with Crippen molar-refractivity contribution >= 4 is 28.8 Å². The smallest absolute Gasteiger partial charge is 0.344 e. The van der Waals surface area contributed by atoms with Gasteiger partial charge in [-0.05, 0) is 6.92 Å². The van der Waals surface area contributed by atoms with Crippen molar-refractivity contribution in [1.82, 2.24) is 4.90 Å². The molecule has 0 aromatic carbocycles. The van der Waals surface area contributed by atoms with Crippen molar-refractivity contribution in [2.45, 2.75) is 12.2 Å². The van der Waals surface area contributed by atoms with E-state index in [4.69, 9.17) is 0 Å². The Bertz CT molecular complexity index is 415. The van der Waals surface area contributed by atoms with Crippen molar-refractivity contribution in [2.75, 3.05) is 21.2 Å². The number of rotatable bonds is 1. The SMILES string of the molecule is COC(=O)C1=C(O)C(C)S/C1=N\C(=O)N(C)C. The van der Waals surface area contributed by atoms with E-state index in [1.54, 1.807) is 21.0 Å². The maximum absolute atomic E-state index is 11.5. The van der Waals surface area contributed by atoms with Crippen molar-refractivity contribution in [3.05, 3.63) is 11.3 Å². The van der Waals surface area contributed by atoms with Crippen LogP contribution in [-0.4, -0.2) is 53.5 Å². The summed E-state index contributed by atoms with van der Waals surface area (Å²) >= 11 is 1.15. The highest BCUT2D eigenvalue weighted by atomic mass is 32.2. The number of thioether (sulfide) groups is 1. The summed E-state index contributed by atoms with van der Waals surface area (Å²) in [6, 6.07) is -0.490. The van der Waals surface area contributed by atoms with Crippen LogP contribution in [0.4, 0.5) is 4.79 Å². The molecule has 0 bridgehead atoms. The summed E-state index contributed by atoms with van der Waals surface area (Å²) in [5.74, 6) is -0.795. The van der Waals surface area contributed by atoms with Crippen LogP contribution in [0, 0.1) is 0 Å². The monoisotopic (exact) mass is 258 g/mol. The Hall–Kier alpha value is -1.50. The molecule has 1 atom stereocenters. The van der Waals surface area contributed by atoms with Gasteiger partial charge in [0.25, 0.3) is 0 Å². The molecule has 1 unspecified atom stereocenters. The van der Waals surface area contributed by atoms with Crippen molar-refractivity contribution in [2.24, 2.45) is 4.99 Å². The van der Waals surface area contributed by atoms with Gasteiger partial charge in [0.2, 0.25) is 0 Å². The largest absolute Gasteiger partial charge is 0.510 e. The standard InChI is InChI=1S/C10H14N2O4S/c1-5-7(13)6(9(14)16-4)8(17-5)11-10(15)12(2)3/h5,13H,1-4H3/b11-8-. The van der Waals surface area contributed by atoms with E-state index in [0.717, 1.165) is 11.8 Å². The number of urea groups is 1. The lowest BCUT2D eigenvalue weighted by Gasteiger charge is -2.06. The van der Waals surface area contributed by atoms with Crippen LogP contribution in [0.1, 0.15) is 6.92 Å². The fraction of sp³-hybridized carbons (Fsp3) is 0.500. The number of nitrogens with zero attached hydrogens (tertiary/aromatic N) is 2. The maximum atomic E-state index is 11.5. The second-order valence-corrected chi connectivity index (χ2v) is 4.94. The first-order valence-corrected chi connectivity index (χ1v) is 5.74. The van der Waals surface area contributed by atoms with Gasteiger partial charge in [0.1, 0.15) is 16.4 Å². The first-order chi connectivity index (χ1) is 7.88. The van der Waals surface area contributed by atoms with Gasteiger partial charge in [-0.25, -0.2) is 9.59 Å². The third kappa shape index (κ3) is 2.79. The maximum Gasteiger partial charge on any atom is 0.344 e. The van der Waals surface area contributed by atoms with Crippen LogP contribution >= 0.6 is 11.8 Å². The van der Waals surface area contributed by atoms with Gasteiger partial charge in [0.15, 0.2) is 0 Å². The van der Waals surface area contributed by atoms with E-state index in [-0.39, 0.29) is 21.6 Å². The Morgan fingerprint density at radius 1 is 1.47 bits per heavy atom. The van der Waals surface area contributed by atoms with Crippen LogP contribution < -0.4 is 0 Å². The fourth-order valence-electron chi connectivity index (χ4n) is 1.16. The molecule has 1 aliphatic rings. The Labute approximate surface area is 103 Å². The lowest BCUT2D eigenvalue weighted by Crippen LogP contribution is -2.20. The normalized spacial score (nSPS) is 21.9. The summed E-state index contributed by atoms with van der Waals surface area (Å²) in [7, 11) is 4.31. The van der Waals surface area contributed by atoms with Crippen molar-refractivity contribution < 1.29 is 19.4 Å². The summed E-state index contributed by atoms with van der Waals surface area (Å²) in [5, 5.41) is 9.62. The van der Waals surface area contributed by atoms with E-state index in [1.807, 2.05) is 0 Å². The average molecular weight is 258 g/mol. The van der Waals surface area contributed by atoms with E-state index in [1.165, 1.54) is 12.0 Å². The Morgan fingerprint density at radius 3 is 2.53 bits per heavy atom. The molecule has 0 saturated heterocycles. The molecular weight excluding hydrogens is 244 g/mol. The number of carbonyl (C=O) groups excluding carboxylic acids is 2. The third-order valence-corrected chi connectivity index (χ3v) is 3.21. The third-order valence-electron chi connectivity index (χ3n) is 2.11. The van der Waals surface area contributed by atoms with Crippen LogP contribution in [0.3, 0.4) is 0 Å². The number of hydrogen-bond donors (Lipinski definition) is 1. The summed E-state index contributed by atoms with van der Waals surface area (Å²) < 4.78 is 4.55. The predicted molar refractivity (Wildman–Crippen MR) is 65.2 cm³/mol. The van der Waals surface area contributed by atoms with Gasteiger partial charge in [0.05, 0.1) is 12.4 Å². The first kappa shape index (κ1) is 13.6. The molecule has 0 saturated carbocycles. The average Bonchev–Trinajstić information content (AvgIpc) is 2.53. The molecule has 0 radical (unpaired) electrons. The van der Waals surface area contributed by atoms with Gasteiger partial charge in [-0.1, -0.05) is 11.8 Å². The summed E-state index contributed by atoms with van der Waals surface area (Å²) in [4.78, 5) is 28.0. The number of aliphatic imine (C=N–C) groups is 1. The zero-order chi connectivity index (χ0) is 13.2. The molecule has 1 rings (SSSR count). The first-order valence-electron chi connectivity index (χ1n) is 4.87. The van der Waals surface area contributed by atoms with Crippen LogP contribution in [0.15, 0.2) is 16.3 Å². The second kappa shape index (κ2) is 5.22. The number of hydrogen-bond acceptors (Lipinski definition) is 5. The lowest BCUT2D eigenvalue weighted by molar-refractivity contribution is -0.135. The number of amides is 2. The number of methoxy groups -OCH3 is 1. The zero-order valence-electron chi connectivity index (χ0n) is 10.1. The van der Waals surface area contributed by atoms with Crippen molar-refractivity contribution in [3.63, 3.8) is 0 Å². The van der Waals surface area contributed by atoms with E-state index in [2.05, 4.69) is 9.73 Å². The molecule has 0 aromatic rings. The van der Waals surface area contributed by atoms with Crippen molar-refractivity contribution in [3.8, 4) is 0 Å². The van der Waals surface area contributed by atoms with Crippen molar-refractivity contribution in [1.29, 1.82) is 0 Å². The number of aliphatic hydroxyl groups is 1. The number of esters is 1. The van der Waals surface area contributed by atoms with Crippen LogP contribution in [-0.2, 0) is 9.53 Å². The van der Waals surface area contributed by atoms with Crippen LogP contribution in [0.2, 0.25) is 0 Å². The Balaban J connectivity index is 3.11. The molecule has 6 nitrogen and oxygen atoms in total. The highest BCUT2D eigenvalue weighted by Crippen LogP contribution is 2.34. The van der Waals surface area contributed by atoms with E-state index >= 15 is 0 Å². The second-order valence-electron chi connectivity index (χ2n) is 3.61. The summed E-state index contributed by atoms with van der Waals surface area (Å²) in [6.07, 6.45) is 0. The molecule has 2 amide bonds. The van der Waals surface area contributed by atoms with Crippen LogP contribution in [0.5, 0.6) is 0 Å². The quantitative estimate of drug-likeness (QED) is 0.715. The Kier molecular flexibility index (Phi) is 4.17. The van der Waals surface area contributed by atoms with E-state index in [9.17, 15) is 14.7 Å².